The fourth-order valence-corrected chi connectivity index (χ4v) is 3.77. The molecule has 0 amide bonds. The Morgan fingerprint density at radius 3 is 2.82 bits per heavy atom. The first-order valence-electron chi connectivity index (χ1n) is 5.98. The first-order chi connectivity index (χ1) is 8.22. The van der Waals surface area contributed by atoms with E-state index in [1.54, 1.807) is 7.11 Å². The smallest absolute Gasteiger partial charge is 0.137 e. The van der Waals surface area contributed by atoms with Crippen molar-refractivity contribution in [1.82, 2.24) is 5.32 Å². The minimum atomic E-state index is 0.404. The minimum absolute atomic E-state index is 0.404. The molecule has 94 valence electrons. The summed E-state index contributed by atoms with van der Waals surface area (Å²) in [5, 5.41) is 3.61. The molecule has 2 nitrogen and oxygen atoms in total. The normalized spacial score (nSPS) is 21.0. The summed E-state index contributed by atoms with van der Waals surface area (Å²) in [5.41, 5.74) is 1.25. The van der Waals surface area contributed by atoms with Gasteiger partial charge in [-0.25, -0.2) is 0 Å². The van der Waals surface area contributed by atoms with Crippen molar-refractivity contribution in [1.29, 1.82) is 0 Å². The fourth-order valence-electron chi connectivity index (χ4n) is 2.35. The van der Waals surface area contributed by atoms with Crippen LogP contribution in [0.15, 0.2) is 21.1 Å². The Bertz CT molecular complexity index is 387. The average Bonchev–Trinajstić information content (AvgIpc) is 2.56. The second kappa shape index (κ2) is 6.21. The molecule has 0 radical (unpaired) electrons. The number of methoxy groups -OCH3 is 1. The highest BCUT2D eigenvalue weighted by Gasteiger charge is 2.19. The highest BCUT2D eigenvalue weighted by molar-refractivity contribution is 9.11. The third-order valence-electron chi connectivity index (χ3n) is 3.18. The summed E-state index contributed by atoms with van der Waals surface area (Å²) in [6.07, 6.45) is 5.05. The average molecular weight is 363 g/mol. The zero-order valence-corrected chi connectivity index (χ0v) is 13.1. The Morgan fingerprint density at radius 2 is 2.06 bits per heavy atom. The van der Waals surface area contributed by atoms with Gasteiger partial charge in [0.25, 0.3) is 0 Å². The summed E-state index contributed by atoms with van der Waals surface area (Å²) in [4.78, 5) is 0. The summed E-state index contributed by atoms with van der Waals surface area (Å²) < 4.78 is 7.62. The first kappa shape index (κ1) is 13.4. The van der Waals surface area contributed by atoms with E-state index in [4.69, 9.17) is 4.74 Å². The number of nitrogens with one attached hydrogen (secondary N) is 1. The highest BCUT2D eigenvalue weighted by Crippen LogP contribution is 2.38. The van der Waals surface area contributed by atoms with E-state index in [-0.39, 0.29) is 0 Å². The molecule has 2 rings (SSSR count). The first-order valence-corrected chi connectivity index (χ1v) is 7.57. The highest BCUT2D eigenvalue weighted by atomic mass is 79.9. The van der Waals surface area contributed by atoms with Gasteiger partial charge >= 0.3 is 0 Å². The number of ether oxygens (including phenoxy) is 1. The van der Waals surface area contributed by atoms with Crippen molar-refractivity contribution < 1.29 is 4.74 Å². The molecule has 1 atom stereocenters. The fraction of sp³-hybridized carbons (Fsp3) is 0.538. The lowest BCUT2D eigenvalue weighted by atomic mass is 10.0. The van der Waals surface area contributed by atoms with Gasteiger partial charge in [-0.1, -0.05) is 28.8 Å². The standard InChI is InChI=1S/C13H17Br2NO/c1-17-13-10(7-9(14)8-11(13)15)12-5-3-2-4-6-16-12/h7-8,12,16H,2-6H2,1H3. The van der Waals surface area contributed by atoms with Gasteiger partial charge in [0.05, 0.1) is 11.6 Å². The van der Waals surface area contributed by atoms with Gasteiger partial charge in [-0.15, -0.1) is 0 Å². The van der Waals surface area contributed by atoms with E-state index < -0.39 is 0 Å². The molecule has 0 bridgehead atoms. The van der Waals surface area contributed by atoms with Crippen LogP contribution in [0.2, 0.25) is 0 Å². The Balaban J connectivity index is 2.34. The van der Waals surface area contributed by atoms with Crippen LogP contribution in [-0.2, 0) is 0 Å². The Hall–Kier alpha value is -0.0600. The maximum absolute atomic E-state index is 5.52. The molecule has 1 unspecified atom stereocenters. The van der Waals surface area contributed by atoms with Crippen molar-refractivity contribution in [2.75, 3.05) is 13.7 Å². The zero-order chi connectivity index (χ0) is 12.3. The Morgan fingerprint density at radius 1 is 1.24 bits per heavy atom. The van der Waals surface area contributed by atoms with E-state index in [0.717, 1.165) is 21.2 Å². The molecule has 0 saturated carbocycles. The molecule has 4 heteroatoms. The third-order valence-corrected chi connectivity index (χ3v) is 4.22. The quantitative estimate of drug-likeness (QED) is 0.840. The monoisotopic (exact) mass is 361 g/mol. The van der Waals surface area contributed by atoms with E-state index in [1.807, 2.05) is 6.07 Å². The van der Waals surface area contributed by atoms with E-state index in [0.29, 0.717) is 6.04 Å². The second-order valence-corrected chi connectivity index (χ2v) is 6.14. The Labute approximate surface area is 119 Å². The van der Waals surface area contributed by atoms with Crippen LogP contribution in [0.1, 0.15) is 37.3 Å². The molecule has 1 N–H and O–H groups in total. The van der Waals surface area contributed by atoms with Gasteiger partial charge in [0.2, 0.25) is 0 Å². The van der Waals surface area contributed by atoms with Crippen molar-refractivity contribution in [3.63, 3.8) is 0 Å². The zero-order valence-electron chi connectivity index (χ0n) is 9.93. The van der Waals surface area contributed by atoms with Crippen LogP contribution in [0, 0.1) is 0 Å². The molecular weight excluding hydrogens is 346 g/mol. The van der Waals surface area contributed by atoms with Crippen molar-refractivity contribution in [3.05, 3.63) is 26.6 Å². The number of hydrogen-bond donors (Lipinski definition) is 1. The number of rotatable bonds is 2. The van der Waals surface area contributed by atoms with E-state index in [2.05, 4.69) is 43.2 Å². The van der Waals surface area contributed by atoms with Crippen molar-refractivity contribution in [2.45, 2.75) is 31.7 Å². The molecule has 17 heavy (non-hydrogen) atoms. The molecule has 1 heterocycles. The van der Waals surface area contributed by atoms with Crippen LogP contribution in [0.5, 0.6) is 5.75 Å². The summed E-state index contributed by atoms with van der Waals surface area (Å²) in [5.74, 6) is 0.951. The lowest BCUT2D eigenvalue weighted by molar-refractivity contribution is 0.395. The number of hydrogen-bond acceptors (Lipinski definition) is 2. The van der Waals surface area contributed by atoms with Gasteiger partial charge in [-0.3, -0.25) is 0 Å². The molecule has 0 spiro atoms. The van der Waals surface area contributed by atoms with Crippen molar-refractivity contribution in [3.8, 4) is 5.75 Å². The summed E-state index contributed by atoms with van der Waals surface area (Å²) >= 11 is 7.11. The summed E-state index contributed by atoms with van der Waals surface area (Å²) in [6, 6.07) is 4.59. The van der Waals surface area contributed by atoms with Gasteiger partial charge in [-0.2, -0.15) is 0 Å². The lowest BCUT2D eigenvalue weighted by Gasteiger charge is -2.20. The predicted octanol–water partition coefficient (Wildman–Crippen LogP) is 4.42. The van der Waals surface area contributed by atoms with Crippen LogP contribution in [-0.4, -0.2) is 13.7 Å². The minimum Gasteiger partial charge on any atom is -0.495 e. The van der Waals surface area contributed by atoms with Crippen LogP contribution in [0.25, 0.3) is 0 Å². The van der Waals surface area contributed by atoms with Crippen LogP contribution < -0.4 is 10.1 Å². The molecular formula is C13H17Br2NO. The molecule has 1 aromatic rings. The van der Waals surface area contributed by atoms with Gasteiger partial charge in [-0.05, 0) is 47.4 Å². The van der Waals surface area contributed by atoms with Crippen LogP contribution in [0.4, 0.5) is 0 Å². The van der Waals surface area contributed by atoms with Gasteiger partial charge in [0.15, 0.2) is 0 Å². The largest absolute Gasteiger partial charge is 0.495 e. The Kier molecular flexibility index (Phi) is 4.88. The maximum Gasteiger partial charge on any atom is 0.137 e. The molecule has 1 saturated heterocycles. The topological polar surface area (TPSA) is 21.3 Å². The van der Waals surface area contributed by atoms with Crippen molar-refractivity contribution in [2.24, 2.45) is 0 Å². The summed E-state index contributed by atoms with van der Waals surface area (Å²) in [6.45, 7) is 1.10. The SMILES string of the molecule is COc1c(Br)cc(Br)cc1C1CCCCCN1. The molecule has 0 aliphatic carbocycles. The number of benzene rings is 1. The number of halogens is 2. The van der Waals surface area contributed by atoms with E-state index in [9.17, 15) is 0 Å². The molecule has 1 aliphatic rings. The molecule has 0 aromatic heterocycles. The maximum atomic E-state index is 5.52. The molecule has 1 fully saturated rings. The summed E-state index contributed by atoms with van der Waals surface area (Å²) in [7, 11) is 1.73. The molecule has 1 aliphatic heterocycles. The predicted molar refractivity (Wildman–Crippen MR) is 77.6 cm³/mol. The van der Waals surface area contributed by atoms with E-state index in [1.165, 1.54) is 31.2 Å². The van der Waals surface area contributed by atoms with Gasteiger partial charge in [0.1, 0.15) is 5.75 Å². The second-order valence-electron chi connectivity index (χ2n) is 4.37. The third kappa shape index (κ3) is 3.24. The van der Waals surface area contributed by atoms with E-state index >= 15 is 0 Å². The van der Waals surface area contributed by atoms with Crippen LogP contribution >= 0.6 is 31.9 Å². The van der Waals surface area contributed by atoms with Gasteiger partial charge < -0.3 is 10.1 Å². The lowest BCUT2D eigenvalue weighted by Crippen LogP contribution is -2.21. The van der Waals surface area contributed by atoms with Gasteiger partial charge in [0, 0.05) is 16.1 Å². The molecule has 1 aromatic carbocycles. The van der Waals surface area contributed by atoms with Crippen molar-refractivity contribution >= 4 is 31.9 Å². The van der Waals surface area contributed by atoms with Crippen LogP contribution in [0.3, 0.4) is 0 Å².